The Morgan fingerprint density at radius 2 is 1.85 bits per heavy atom. The molecule has 27 heavy (non-hydrogen) atoms. The van der Waals surface area contributed by atoms with Crippen molar-refractivity contribution in [2.75, 3.05) is 38.6 Å². The predicted octanol–water partition coefficient (Wildman–Crippen LogP) is 3.58. The van der Waals surface area contributed by atoms with E-state index in [2.05, 4.69) is 40.5 Å². The molecule has 0 spiro atoms. The molecule has 1 heterocycles. The summed E-state index contributed by atoms with van der Waals surface area (Å²) in [5, 5.41) is 3.23. The van der Waals surface area contributed by atoms with E-state index in [4.69, 9.17) is 0 Å². The van der Waals surface area contributed by atoms with Gasteiger partial charge < -0.3 is 15.1 Å². The third-order valence-electron chi connectivity index (χ3n) is 5.27. The predicted molar refractivity (Wildman–Crippen MR) is 112 cm³/mol. The van der Waals surface area contributed by atoms with Gasteiger partial charge in [-0.2, -0.15) is 0 Å². The monoisotopic (exact) mass is 365 g/mol. The zero-order chi connectivity index (χ0) is 19.1. The number of aryl methyl sites for hydroxylation is 1. The summed E-state index contributed by atoms with van der Waals surface area (Å²) in [7, 11) is 4.01. The molecule has 2 aromatic carbocycles. The van der Waals surface area contributed by atoms with Gasteiger partial charge in [0.2, 0.25) is 0 Å². The summed E-state index contributed by atoms with van der Waals surface area (Å²) in [5.41, 5.74) is 3.25. The first-order valence-electron chi connectivity index (χ1n) is 9.96. The average molecular weight is 366 g/mol. The van der Waals surface area contributed by atoms with Crippen LogP contribution >= 0.6 is 0 Å². The van der Waals surface area contributed by atoms with Crippen LogP contribution in [0.4, 0.5) is 5.69 Å². The quantitative estimate of drug-likeness (QED) is 0.815. The van der Waals surface area contributed by atoms with E-state index in [9.17, 15) is 4.79 Å². The number of rotatable bonds is 7. The number of carbonyl (C=O) groups is 1. The number of piperidine rings is 1. The van der Waals surface area contributed by atoms with Crippen molar-refractivity contribution in [1.82, 2.24) is 10.2 Å². The van der Waals surface area contributed by atoms with Gasteiger partial charge in [-0.25, -0.2) is 0 Å². The lowest BCUT2D eigenvalue weighted by Gasteiger charge is -2.33. The van der Waals surface area contributed by atoms with E-state index in [0.717, 1.165) is 56.6 Å². The molecule has 4 heteroatoms. The molecule has 0 aliphatic carbocycles. The minimum Gasteiger partial charge on any atom is -0.378 e. The standard InChI is InChI=1S/C23H31N3O/c1-25(2)22-14-12-20(13-15-22)23(27)24-21-11-7-17-26(18-21)16-6-10-19-8-4-3-5-9-19/h3-5,8-9,12-15,21H,6-7,10-11,16-18H2,1-2H3,(H,24,27). The Morgan fingerprint density at radius 3 is 2.56 bits per heavy atom. The number of hydrogen-bond acceptors (Lipinski definition) is 3. The number of hydrogen-bond donors (Lipinski definition) is 1. The van der Waals surface area contributed by atoms with Crippen LogP contribution in [0.1, 0.15) is 35.2 Å². The number of nitrogens with zero attached hydrogens (tertiary/aromatic N) is 2. The number of likely N-dealkylation sites (tertiary alicyclic amines) is 1. The second kappa shape index (κ2) is 9.56. The summed E-state index contributed by atoms with van der Waals surface area (Å²) in [6, 6.07) is 18.7. The van der Waals surface area contributed by atoms with Crippen molar-refractivity contribution in [3.63, 3.8) is 0 Å². The highest BCUT2D eigenvalue weighted by Crippen LogP contribution is 2.15. The molecule has 1 amide bonds. The van der Waals surface area contributed by atoms with Gasteiger partial charge in [-0.05, 0) is 68.6 Å². The highest BCUT2D eigenvalue weighted by Gasteiger charge is 2.21. The topological polar surface area (TPSA) is 35.6 Å². The molecule has 1 aliphatic heterocycles. The second-order valence-corrected chi connectivity index (χ2v) is 7.64. The van der Waals surface area contributed by atoms with Crippen molar-refractivity contribution in [2.45, 2.75) is 31.7 Å². The molecule has 0 bridgehead atoms. The molecule has 1 saturated heterocycles. The number of nitrogens with one attached hydrogen (secondary N) is 1. The maximum atomic E-state index is 12.6. The van der Waals surface area contributed by atoms with Crippen molar-refractivity contribution in [1.29, 1.82) is 0 Å². The fraction of sp³-hybridized carbons (Fsp3) is 0.435. The molecule has 0 saturated carbocycles. The number of benzene rings is 2. The Balaban J connectivity index is 1.45. The molecular weight excluding hydrogens is 334 g/mol. The van der Waals surface area contributed by atoms with Crippen molar-refractivity contribution >= 4 is 11.6 Å². The lowest BCUT2D eigenvalue weighted by molar-refractivity contribution is 0.0903. The second-order valence-electron chi connectivity index (χ2n) is 7.64. The zero-order valence-electron chi connectivity index (χ0n) is 16.5. The molecular formula is C23H31N3O. The van der Waals surface area contributed by atoms with Gasteiger partial charge in [0.05, 0.1) is 0 Å². The molecule has 1 aliphatic rings. The molecule has 0 aromatic heterocycles. The molecule has 1 fully saturated rings. The van der Waals surface area contributed by atoms with Crippen molar-refractivity contribution in [2.24, 2.45) is 0 Å². The van der Waals surface area contributed by atoms with E-state index in [-0.39, 0.29) is 11.9 Å². The fourth-order valence-electron chi connectivity index (χ4n) is 3.71. The first-order chi connectivity index (χ1) is 13.1. The van der Waals surface area contributed by atoms with Gasteiger partial charge in [0.25, 0.3) is 5.91 Å². The molecule has 4 nitrogen and oxygen atoms in total. The summed E-state index contributed by atoms with van der Waals surface area (Å²) in [6.07, 6.45) is 4.50. The Morgan fingerprint density at radius 1 is 1.11 bits per heavy atom. The minimum atomic E-state index is 0.0384. The van der Waals surface area contributed by atoms with Gasteiger partial charge in [0.1, 0.15) is 0 Å². The van der Waals surface area contributed by atoms with E-state index in [1.165, 1.54) is 5.56 Å². The van der Waals surface area contributed by atoms with Gasteiger partial charge in [-0.15, -0.1) is 0 Å². The van der Waals surface area contributed by atoms with E-state index in [1.807, 2.05) is 43.3 Å². The summed E-state index contributed by atoms with van der Waals surface area (Å²) < 4.78 is 0. The van der Waals surface area contributed by atoms with Gasteiger partial charge in [-0.3, -0.25) is 4.79 Å². The lowest BCUT2D eigenvalue weighted by atomic mass is 10.0. The summed E-state index contributed by atoms with van der Waals surface area (Å²) in [4.78, 5) is 17.1. The molecule has 0 radical (unpaired) electrons. The van der Waals surface area contributed by atoms with Crippen LogP contribution in [-0.4, -0.2) is 50.6 Å². The third-order valence-corrected chi connectivity index (χ3v) is 5.27. The highest BCUT2D eigenvalue weighted by molar-refractivity contribution is 5.94. The summed E-state index contributed by atoms with van der Waals surface area (Å²) in [6.45, 7) is 3.19. The van der Waals surface area contributed by atoms with E-state index >= 15 is 0 Å². The third kappa shape index (κ3) is 5.83. The molecule has 1 N–H and O–H groups in total. The SMILES string of the molecule is CN(C)c1ccc(C(=O)NC2CCCN(CCCc3ccccc3)C2)cc1. The minimum absolute atomic E-state index is 0.0384. The first kappa shape index (κ1) is 19.4. The largest absolute Gasteiger partial charge is 0.378 e. The number of anilines is 1. The molecule has 3 rings (SSSR count). The van der Waals surface area contributed by atoms with Gasteiger partial charge in [0.15, 0.2) is 0 Å². The molecule has 2 aromatic rings. The molecule has 144 valence electrons. The molecule has 1 unspecified atom stereocenters. The Bertz CT molecular complexity index is 712. The van der Waals surface area contributed by atoms with E-state index in [0.29, 0.717) is 0 Å². The van der Waals surface area contributed by atoms with E-state index < -0.39 is 0 Å². The van der Waals surface area contributed by atoms with Crippen LogP contribution in [0.2, 0.25) is 0 Å². The Hall–Kier alpha value is -2.33. The lowest BCUT2D eigenvalue weighted by Crippen LogP contribution is -2.47. The normalized spacial score (nSPS) is 17.5. The maximum absolute atomic E-state index is 12.6. The summed E-state index contributed by atoms with van der Waals surface area (Å²) >= 11 is 0. The Labute approximate surface area is 163 Å². The van der Waals surface area contributed by atoms with Gasteiger partial charge in [-0.1, -0.05) is 30.3 Å². The van der Waals surface area contributed by atoms with Crippen LogP contribution in [0.25, 0.3) is 0 Å². The number of amides is 1. The van der Waals surface area contributed by atoms with Crippen molar-refractivity contribution < 1.29 is 4.79 Å². The van der Waals surface area contributed by atoms with E-state index in [1.54, 1.807) is 0 Å². The fourth-order valence-corrected chi connectivity index (χ4v) is 3.71. The van der Waals surface area contributed by atoms with Crippen LogP contribution < -0.4 is 10.2 Å². The van der Waals surface area contributed by atoms with Gasteiger partial charge >= 0.3 is 0 Å². The first-order valence-corrected chi connectivity index (χ1v) is 9.96. The Kier molecular flexibility index (Phi) is 6.88. The van der Waals surface area contributed by atoms with Crippen molar-refractivity contribution in [3.8, 4) is 0 Å². The van der Waals surface area contributed by atoms with Crippen LogP contribution in [0.3, 0.4) is 0 Å². The van der Waals surface area contributed by atoms with Crippen molar-refractivity contribution in [3.05, 3.63) is 65.7 Å². The zero-order valence-corrected chi connectivity index (χ0v) is 16.5. The summed E-state index contributed by atoms with van der Waals surface area (Å²) in [5.74, 6) is 0.0384. The number of carbonyl (C=O) groups excluding carboxylic acids is 1. The maximum Gasteiger partial charge on any atom is 0.251 e. The molecule has 1 atom stereocenters. The van der Waals surface area contributed by atoms with Gasteiger partial charge in [0, 0.05) is 37.9 Å². The average Bonchev–Trinajstić information content (AvgIpc) is 2.69. The van der Waals surface area contributed by atoms with Crippen LogP contribution in [-0.2, 0) is 6.42 Å². The highest BCUT2D eigenvalue weighted by atomic mass is 16.1. The van der Waals surface area contributed by atoms with Crippen LogP contribution in [0, 0.1) is 0 Å². The smallest absolute Gasteiger partial charge is 0.251 e. The van der Waals surface area contributed by atoms with Crippen LogP contribution in [0.15, 0.2) is 54.6 Å². The van der Waals surface area contributed by atoms with Crippen LogP contribution in [0.5, 0.6) is 0 Å².